The summed E-state index contributed by atoms with van der Waals surface area (Å²) < 4.78 is 6.57. The molecule has 12 rings (SSSR count). The van der Waals surface area contributed by atoms with E-state index in [9.17, 15) is 0 Å². The van der Waals surface area contributed by atoms with Crippen molar-refractivity contribution in [1.82, 2.24) is 0 Å². The lowest BCUT2D eigenvalue weighted by molar-refractivity contribution is 0.669. The first-order valence-electron chi connectivity index (χ1n) is 21.2. The van der Waals surface area contributed by atoms with Crippen LogP contribution in [0.5, 0.6) is 0 Å². The van der Waals surface area contributed by atoms with Crippen LogP contribution in [0.2, 0.25) is 0 Å². The fourth-order valence-corrected chi connectivity index (χ4v) is 9.38. The zero-order chi connectivity index (χ0) is 41.0. The minimum Gasteiger partial charge on any atom is -0.456 e. The summed E-state index contributed by atoms with van der Waals surface area (Å²) in [5, 5.41) is 9.74. The third kappa shape index (κ3) is 6.20. The van der Waals surface area contributed by atoms with Gasteiger partial charge < -0.3 is 9.32 Å². The maximum atomic E-state index is 6.57. The number of anilines is 3. The molecule has 0 saturated carbocycles. The fourth-order valence-electron chi connectivity index (χ4n) is 9.38. The lowest BCUT2D eigenvalue weighted by atomic mass is 9.91. The summed E-state index contributed by atoms with van der Waals surface area (Å²) in [5.74, 6) is 0. The average molecular weight is 790 g/mol. The molecule has 12 aromatic rings. The third-order valence-electron chi connectivity index (χ3n) is 12.4. The van der Waals surface area contributed by atoms with E-state index in [1.807, 2.05) is 6.07 Å². The summed E-state index contributed by atoms with van der Waals surface area (Å²) in [6.07, 6.45) is 0. The molecule has 0 bridgehead atoms. The van der Waals surface area contributed by atoms with E-state index in [1.54, 1.807) is 0 Å². The highest BCUT2D eigenvalue weighted by Crippen LogP contribution is 2.43. The molecule has 0 atom stereocenters. The number of para-hydroxylation sites is 2. The molecule has 0 amide bonds. The van der Waals surface area contributed by atoms with E-state index in [0.29, 0.717) is 0 Å². The molecule has 11 aromatic carbocycles. The second-order valence-corrected chi connectivity index (χ2v) is 16.1. The predicted octanol–water partition coefficient (Wildman–Crippen LogP) is 17.2. The Morgan fingerprint density at radius 2 is 0.774 bits per heavy atom. The van der Waals surface area contributed by atoms with E-state index >= 15 is 0 Å². The molecule has 2 heteroatoms. The van der Waals surface area contributed by atoms with Gasteiger partial charge in [-0.3, -0.25) is 0 Å². The molecule has 0 radical (unpaired) electrons. The third-order valence-corrected chi connectivity index (χ3v) is 12.4. The first-order chi connectivity index (χ1) is 30.7. The minimum atomic E-state index is 0.894. The Morgan fingerprint density at radius 1 is 0.258 bits per heavy atom. The molecule has 0 aliphatic carbocycles. The van der Waals surface area contributed by atoms with Crippen LogP contribution in [-0.2, 0) is 0 Å². The van der Waals surface area contributed by atoms with Gasteiger partial charge in [-0.1, -0.05) is 170 Å². The second kappa shape index (κ2) is 14.8. The van der Waals surface area contributed by atoms with Crippen LogP contribution >= 0.6 is 0 Å². The summed E-state index contributed by atoms with van der Waals surface area (Å²) in [6.45, 7) is 0. The van der Waals surface area contributed by atoms with Crippen LogP contribution in [0.25, 0.3) is 98.8 Å². The van der Waals surface area contributed by atoms with Gasteiger partial charge in [-0.15, -0.1) is 0 Å². The maximum Gasteiger partial charge on any atom is 0.136 e. The van der Waals surface area contributed by atoms with Crippen molar-refractivity contribution in [2.24, 2.45) is 0 Å². The molecule has 0 N–H and O–H groups in total. The molecule has 0 unspecified atom stereocenters. The van der Waals surface area contributed by atoms with Gasteiger partial charge in [-0.2, -0.15) is 0 Å². The number of benzene rings is 11. The van der Waals surface area contributed by atoms with Crippen molar-refractivity contribution in [2.75, 3.05) is 4.90 Å². The van der Waals surface area contributed by atoms with Crippen molar-refractivity contribution < 1.29 is 4.42 Å². The Hall–Kier alpha value is -8.20. The fraction of sp³-hybridized carbons (Fsp3) is 0. The lowest BCUT2D eigenvalue weighted by Gasteiger charge is -2.26. The quantitative estimate of drug-likeness (QED) is 0.150. The molecule has 0 fully saturated rings. The van der Waals surface area contributed by atoms with Crippen LogP contribution in [0.4, 0.5) is 17.1 Å². The van der Waals surface area contributed by atoms with E-state index in [-0.39, 0.29) is 0 Å². The smallest absolute Gasteiger partial charge is 0.136 e. The van der Waals surface area contributed by atoms with Crippen LogP contribution in [0.3, 0.4) is 0 Å². The van der Waals surface area contributed by atoms with Crippen LogP contribution < -0.4 is 4.90 Å². The minimum absolute atomic E-state index is 0.894. The van der Waals surface area contributed by atoms with E-state index in [1.165, 1.54) is 54.6 Å². The standard InChI is InChI=1S/C60H39NO/c1-3-12-40(13-4-1)44-15-11-16-47(36-44)56-39-59-60(55-20-9-10-21-58(55)62-59)57-38-46(29-35-54(56)57)42-26-32-51(33-27-42)61(49-17-5-2-6-18-49)50-30-24-41(25-31-50)45-28-34-53-48(37-45)23-22-43-14-7-8-19-52(43)53/h1-39H. The first kappa shape index (κ1) is 35.7. The summed E-state index contributed by atoms with van der Waals surface area (Å²) in [6, 6.07) is 85.4. The number of furan rings is 1. The normalized spacial score (nSPS) is 11.5. The van der Waals surface area contributed by atoms with Gasteiger partial charge in [0.1, 0.15) is 11.2 Å². The molecule has 2 nitrogen and oxygen atoms in total. The molecule has 290 valence electrons. The summed E-state index contributed by atoms with van der Waals surface area (Å²) in [7, 11) is 0. The van der Waals surface area contributed by atoms with E-state index in [4.69, 9.17) is 4.42 Å². The van der Waals surface area contributed by atoms with Gasteiger partial charge in [0, 0.05) is 27.8 Å². The average Bonchev–Trinajstić information content (AvgIpc) is 3.73. The van der Waals surface area contributed by atoms with Crippen molar-refractivity contribution >= 4 is 71.3 Å². The van der Waals surface area contributed by atoms with Crippen LogP contribution in [-0.4, -0.2) is 0 Å². The van der Waals surface area contributed by atoms with Crippen molar-refractivity contribution in [3.05, 3.63) is 237 Å². The first-order valence-corrected chi connectivity index (χ1v) is 21.2. The van der Waals surface area contributed by atoms with Gasteiger partial charge in [0.2, 0.25) is 0 Å². The van der Waals surface area contributed by atoms with Crippen LogP contribution in [0, 0.1) is 0 Å². The molecule has 0 aliphatic rings. The number of nitrogens with zero attached hydrogens (tertiary/aromatic N) is 1. The van der Waals surface area contributed by atoms with E-state index in [2.05, 4.69) is 235 Å². The Bertz CT molecular complexity index is 3610. The molecule has 1 aromatic heterocycles. The molecule has 0 spiro atoms. The summed E-state index contributed by atoms with van der Waals surface area (Å²) in [5.41, 5.74) is 14.5. The van der Waals surface area contributed by atoms with Gasteiger partial charge >= 0.3 is 0 Å². The van der Waals surface area contributed by atoms with E-state index in [0.717, 1.165) is 61.3 Å². The van der Waals surface area contributed by atoms with Gasteiger partial charge in [-0.05, 0) is 144 Å². The number of fused-ring (bicyclic) bond motifs is 8. The van der Waals surface area contributed by atoms with Crippen LogP contribution in [0.15, 0.2) is 241 Å². The number of hydrogen-bond donors (Lipinski definition) is 0. The largest absolute Gasteiger partial charge is 0.456 e. The predicted molar refractivity (Wildman–Crippen MR) is 263 cm³/mol. The summed E-state index contributed by atoms with van der Waals surface area (Å²) >= 11 is 0. The zero-order valence-corrected chi connectivity index (χ0v) is 33.9. The van der Waals surface area contributed by atoms with E-state index < -0.39 is 0 Å². The van der Waals surface area contributed by atoms with Crippen molar-refractivity contribution in [1.29, 1.82) is 0 Å². The Balaban J connectivity index is 0.919. The lowest BCUT2D eigenvalue weighted by Crippen LogP contribution is -2.09. The highest BCUT2D eigenvalue weighted by atomic mass is 16.3. The van der Waals surface area contributed by atoms with Gasteiger partial charge in [0.15, 0.2) is 0 Å². The Morgan fingerprint density at radius 3 is 1.53 bits per heavy atom. The number of rotatable bonds is 7. The highest BCUT2D eigenvalue weighted by molar-refractivity contribution is 6.22. The number of hydrogen-bond acceptors (Lipinski definition) is 2. The Labute approximate surface area is 360 Å². The SMILES string of the molecule is c1ccc(-c2cccc(-c3cc4oc5ccccc5c4c4cc(-c5ccc(N(c6ccccc6)c6ccc(-c7ccc8c(ccc9ccccc98)c7)cc6)cc5)ccc34)c2)cc1. The van der Waals surface area contributed by atoms with Crippen molar-refractivity contribution in [2.45, 2.75) is 0 Å². The molecular weight excluding hydrogens is 751 g/mol. The van der Waals surface area contributed by atoms with Crippen molar-refractivity contribution in [3.8, 4) is 44.5 Å². The van der Waals surface area contributed by atoms with Gasteiger partial charge in [0.25, 0.3) is 0 Å². The molecule has 1 heterocycles. The van der Waals surface area contributed by atoms with Gasteiger partial charge in [0.05, 0.1) is 0 Å². The molecule has 62 heavy (non-hydrogen) atoms. The molecule has 0 saturated heterocycles. The Kier molecular flexibility index (Phi) is 8.53. The van der Waals surface area contributed by atoms with Crippen molar-refractivity contribution in [3.63, 3.8) is 0 Å². The highest BCUT2D eigenvalue weighted by Gasteiger charge is 2.18. The monoisotopic (exact) mass is 789 g/mol. The second-order valence-electron chi connectivity index (χ2n) is 16.1. The zero-order valence-electron chi connectivity index (χ0n) is 33.9. The maximum absolute atomic E-state index is 6.57. The van der Waals surface area contributed by atoms with Gasteiger partial charge in [-0.25, -0.2) is 0 Å². The molecule has 0 aliphatic heterocycles. The summed E-state index contributed by atoms with van der Waals surface area (Å²) in [4.78, 5) is 2.33. The molecular formula is C60H39NO. The topological polar surface area (TPSA) is 16.4 Å². The van der Waals surface area contributed by atoms with Crippen LogP contribution in [0.1, 0.15) is 0 Å².